The maximum atomic E-state index is 11.9. The third kappa shape index (κ3) is 4.82. The van der Waals surface area contributed by atoms with Gasteiger partial charge in [-0.2, -0.15) is 5.01 Å². The molecule has 0 aliphatic carbocycles. The van der Waals surface area contributed by atoms with Crippen LogP contribution in [0.3, 0.4) is 0 Å². The molecule has 0 aromatic heterocycles. The Morgan fingerprint density at radius 1 is 1.12 bits per heavy atom. The van der Waals surface area contributed by atoms with Gasteiger partial charge in [-0.25, -0.2) is 4.79 Å². The number of nitrogens with two attached hydrogens (primary N) is 1. The molecule has 0 spiro atoms. The smallest absolute Gasteiger partial charge is 0.409 e. The zero-order valence-electron chi connectivity index (χ0n) is 13.0. The van der Waals surface area contributed by atoms with Crippen molar-refractivity contribution in [2.75, 3.05) is 7.05 Å². The molecule has 0 bridgehead atoms. The summed E-state index contributed by atoms with van der Waals surface area (Å²) in [6, 6.07) is 11.0. The van der Waals surface area contributed by atoms with Crippen LogP contribution >= 0.6 is 0 Å². The third-order valence-electron chi connectivity index (χ3n) is 2.96. The van der Waals surface area contributed by atoms with Crippen LogP contribution < -0.4 is 10.5 Å². The molecule has 2 amide bonds. The van der Waals surface area contributed by atoms with E-state index in [1.807, 2.05) is 0 Å². The van der Waals surface area contributed by atoms with Crippen molar-refractivity contribution in [3.63, 3.8) is 0 Å². The maximum Gasteiger partial charge on any atom is 0.436 e. The first-order chi connectivity index (χ1) is 11.9. The Hall–Kier alpha value is -3.82. The highest BCUT2D eigenvalue weighted by Crippen LogP contribution is 2.18. The maximum absolute atomic E-state index is 11.9. The highest BCUT2D eigenvalue weighted by molar-refractivity contribution is 5.92. The van der Waals surface area contributed by atoms with E-state index in [0.29, 0.717) is 11.3 Å². The Morgan fingerprint density at radius 3 is 2.24 bits per heavy atom. The fourth-order valence-corrected chi connectivity index (χ4v) is 1.65. The van der Waals surface area contributed by atoms with Crippen LogP contribution in [0.2, 0.25) is 0 Å². The average molecular weight is 343 g/mol. The fourth-order valence-electron chi connectivity index (χ4n) is 1.65. The van der Waals surface area contributed by atoms with Gasteiger partial charge in [0.25, 0.3) is 5.69 Å². The number of nitro groups is 1. The molecule has 10 heteroatoms. The van der Waals surface area contributed by atoms with Gasteiger partial charge >= 0.3 is 6.09 Å². The van der Waals surface area contributed by atoms with E-state index in [2.05, 4.69) is 10.3 Å². The number of hydrogen-bond acceptors (Lipinski definition) is 7. The average Bonchev–Trinajstić information content (AvgIpc) is 2.60. The number of non-ortho nitro benzene ring substituents is 1. The summed E-state index contributed by atoms with van der Waals surface area (Å²) in [5, 5.41) is 18.9. The van der Waals surface area contributed by atoms with E-state index in [1.54, 1.807) is 0 Å². The van der Waals surface area contributed by atoms with Crippen molar-refractivity contribution in [2.45, 2.75) is 0 Å². The number of hydrogen-bond donors (Lipinski definition) is 1. The molecule has 0 aliphatic rings. The van der Waals surface area contributed by atoms with Gasteiger partial charge in [-0.05, 0) is 36.4 Å². The summed E-state index contributed by atoms with van der Waals surface area (Å²) in [6.45, 7) is 0. The van der Waals surface area contributed by atoms with Gasteiger partial charge in [0, 0.05) is 24.7 Å². The highest BCUT2D eigenvalue weighted by atomic mass is 16.6. The summed E-state index contributed by atoms with van der Waals surface area (Å²) in [5.74, 6) is -0.434. The first-order valence-electron chi connectivity index (χ1n) is 6.88. The van der Waals surface area contributed by atoms with Crippen molar-refractivity contribution in [3.8, 4) is 5.75 Å². The van der Waals surface area contributed by atoms with E-state index in [4.69, 9.17) is 10.5 Å². The Labute approximate surface area is 141 Å². The highest BCUT2D eigenvalue weighted by Gasteiger charge is 2.12. The number of carbonyl (C=O) groups is 2. The predicted molar refractivity (Wildman–Crippen MR) is 86.4 cm³/mol. The van der Waals surface area contributed by atoms with E-state index in [9.17, 15) is 19.7 Å². The van der Waals surface area contributed by atoms with Gasteiger partial charge < -0.3 is 10.5 Å². The van der Waals surface area contributed by atoms with Gasteiger partial charge in [-0.15, -0.1) is 5.11 Å². The second kappa shape index (κ2) is 7.64. The summed E-state index contributed by atoms with van der Waals surface area (Å²) >= 11 is 0. The number of benzene rings is 2. The number of nitrogens with zero attached hydrogens (tertiary/aromatic N) is 4. The van der Waals surface area contributed by atoms with Crippen LogP contribution in [-0.2, 0) is 0 Å². The number of rotatable bonds is 5. The monoisotopic (exact) mass is 343 g/mol. The largest absolute Gasteiger partial charge is 0.436 e. The van der Waals surface area contributed by atoms with Gasteiger partial charge in [0.15, 0.2) is 0 Å². The summed E-state index contributed by atoms with van der Waals surface area (Å²) in [6.07, 6.45) is -0.827. The zero-order chi connectivity index (χ0) is 18.4. The van der Waals surface area contributed by atoms with Crippen molar-refractivity contribution in [1.82, 2.24) is 5.01 Å². The molecule has 2 aromatic rings. The Morgan fingerprint density at radius 2 is 1.72 bits per heavy atom. The fraction of sp³-hybridized carbons (Fsp3) is 0.0667. The Bertz CT molecular complexity index is 817. The summed E-state index contributed by atoms with van der Waals surface area (Å²) in [7, 11) is 1.33. The van der Waals surface area contributed by atoms with Gasteiger partial charge in [0.2, 0.25) is 5.91 Å². The second-order valence-corrected chi connectivity index (χ2v) is 4.74. The molecule has 0 radical (unpaired) electrons. The minimum atomic E-state index is -0.827. The standard InChI is InChI=1S/C15H13N5O5/c1-19(18-17-11-4-2-10(3-5-11)14(16)21)15(22)25-13-8-6-12(7-9-13)20(23)24/h2-9H,1H3,(H2,16,21). The lowest BCUT2D eigenvalue weighted by Gasteiger charge is -2.09. The summed E-state index contributed by atoms with van der Waals surface area (Å²) < 4.78 is 5.00. The van der Waals surface area contributed by atoms with Crippen molar-refractivity contribution < 1.29 is 19.2 Å². The summed E-state index contributed by atoms with van der Waals surface area (Å²) in [4.78, 5) is 32.8. The van der Waals surface area contributed by atoms with E-state index >= 15 is 0 Å². The normalized spacial score (nSPS) is 10.4. The molecule has 25 heavy (non-hydrogen) atoms. The van der Waals surface area contributed by atoms with E-state index in [0.717, 1.165) is 5.01 Å². The number of amides is 2. The second-order valence-electron chi connectivity index (χ2n) is 4.74. The molecule has 2 rings (SSSR count). The SMILES string of the molecule is CN(N=Nc1ccc(C(N)=O)cc1)C(=O)Oc1ccc([N+](=O)[O-])cc1. The zero-order valence-corrected chi connectivity index (χ0v) is 13.0. The lowest BCUT2D eigenvalue weighted by atomic mass is 10.2. The molecular formula is C15H13N5O5. The van der Waals surface area contributed by atoms with E-state index in [-0.39, 0.29) is 11.4 Å². The lowest BCUT2D eigenvalue weighted by molar-refractivity contribution is -0.384. The van der Waals surface area contributed by atoms with Gasteiger partial charge in [0.1, 0.15) is 5.75 Å². The number of nitro benzene ring substituents is 1. The number of carbonyl (C=O) groups excluding carboxylic acids is 2. The van der Waals surface area contributed by atoms with E-state index in [1.165, 1.54) is 55.6 Å². The number of ether oxygens (including phenoxy) is 1. The molecular weight excluding hydrogens is 330 g/mol. The van der Waals surface area contributed by atoms with Crippen LogP contribution in [0, 0.1) is 10.1 Å². The number of primary amides is 1. The lowest BCUT2D eigenvalue weighted by Crippen LogP contribution is -2.24. The molecule has 0 heterocycles. The van der Waals surface area contributed by atoms with Crippen LogP contribution in [0.4, 0.5) is 16.2 Å². The topological polar surface area (TPSA) is 140 Å². The van der Waals surface area contributed by atoms with E-state index < -0.39 is 16.9 Å². The quantitative estimate of drug-likeness (QED) is 0.505. The Balaban J connectivity index is 1.97. The van der Waals surface area contributed by atoms with Gasteiger partial charge in [-0.3, -0.25) is 14.9 Å². The van der Waals surface area contributed by atoms with Crippen molar-refractivity contribution >= 4 is 23.4 Å². The van der Waals surface area contributed by atoms with Gasteiger partial charge in [0.05, 0.1) is 10.6 Å². The molecule has 0 aliphatic heterocycles. The predicted octanol–water partition coefficient (Wildman–Crippen LogP) is 2.82. The van der Waals surface area contributed by atoms with Crippen LogP contribution in [0.25, 0.3) is 0 Å². The van der Waals surface area contributed by atoms with Crippen LogP contribution in [0.1, 0.15) is 10.4 Å². The van der Waals surface area contributed by atoms with Crippen molar-refractivity contribution in [3.05, 3.63) is 64.2 Å². The Kier molecular flexibility index (Phi) is 5.36. The van der Waals surface area contributed by atoms with Crippen LogP contribution in [0.5, 0.6) is 5.75 Å². The van der Waals surface area contributed by atoms with Gasteiger partial charge in [-0.1, -0.05) is 5.22 Å². The third-order valence-corrected chi connectivity index (χ3v) is 2.96. The van der Waals surface area contributed by atoms with Crippen LogP contribution in [0.15, 0.2) is 58.9 Å². The molecule has 0 saturated heterocycles. The van der Waals surface area contributed by atoms with Crippen LogP contribution in [-0.4, -0.2) is 29.0 Å². The molecule has 0 saturated carbocycles. The molecule has 10 nitrogen and oxygen atoms in total. The first kappa shape index (κ1) is 17.5. The molecule has 0 unspecified atom stereocenters. The minimum Gasteiger partial charge on any atom is -0.409 e. The molecule has 2 aromatic carbocycles. The minimum absolute atomic E-state index is 0.118. The molecule has 0 fully saturated rings. The first-order valence-corrected chi connectivity index (χ1v) is 6.88. The van der Waals surface area contributed by atoms with Crippen molar-refractivity contribution in [2.24, 2.45) is 16.1 Å². The summed E-state index contributed by atoms with van der Waals surface area (Å²) in [5.41, 5.74) is 5.73. The molecule has 128 valence electrons. The molecule has 2 N–H and O–H groups in total. The molecule has 0 atom stereocenters. The van der Waals surface area contributed by atoms with Crippen molar-refractivity contribution in [1.29, 1.82) is 0 Å².